The van der Waals surface area contributed by atoms with E-state index in [-0.39, 0.29) is 16.6 Å². The van der Waals surface area contributed by atoms with Crippen LogP contribution in [0.3, 0.4) is 0 Å². The quantitative estimate of drug-likeness (QED) is 0.858. The fourth-order valence-electron chi connectivity index (χ4n) is 1.65. The summed E-state index contributed by atoms with van der Waals surface area (Å²) in [5.74, 6) is -2.19. The summed E-state index contributed by atoms with van der Waals surface area (Å²) in [5.41, 5.74) is 0.0983. The van der Waals surface area contributed by atoms with Crippen LogP contribution in [0, 0.1) is 11.6 Å². The lowest BCUT2D eigenvalue weighted by atomic mass is 10.3. The van der Waals surface area contributed by atoms with Crippen LogP contribution in [0.4, 0.5) is 8.78 Å². The number of carboxylic acids is 1. The summed E-state index contributed by atoms with van der Waals surface area (Å²) in [6.45, 7) is 1.81. The standard InChI is InChI=1S/C12H11F2N3O2S/c1-2-10-15-16-12(20-6-11(18)19)17(10)9-4-3-7(13)5-8(9)14/h3-5H,2,6H2,1H3,(H,18,19). The molecule has 0 unspecified atom stereocenters. The van der Waals surface area contributed by atoms with Crippen molar-refractivity contribution >= 4 is 17.7 Å². The molecule has 8 heteroatoms. The minimum atomic E-state index is -1.01. The average Bonchev–Trinajstić information content (AvgIpc) is 2.79. The van der Waals surface area contributed by atoms with Crippen molar-refractivity contribution in [1.82, 2.24) is 14.8 Å². The third kappa shape index (κ3) is 2.96. The summed E-state index contributed by atoms with van der Waals surface area (Å²) in [4.78, 5) is 10.6. The minimum absolute atomic E-state index is 0.0983. The Labute approximate surface area is 117 Å². The van der Waals surface area contributed by atoms with Gasteiger partial charge in [0, 0.05) is 12.5 Å². The van der Waals surface area contributed by atoms with Crippen molar-refractivity contribution in [3.05, 3.63) is 35.7 Å². The van der Waals surface area contributed by atoms with Crippen LogP contribution in [0.25, 0.3) is 5.69 Å². The van der Waals surface area contributed by atoms with Gasteiger partial charge in [-0.1, -0.05) is 18.7 Å². The molecule has 5 nitrogen and oxygen atoms in total. The zero-order chi connectivity index (χ0) is 14.7. The predicted molar refractivity (Wildman–Crippen MR) is 69.0 cm³/mol. The van der Waals surface area contributed by atoms with Gasteiger partial charge in [-0.3, -0.25) is 9.36 Å². The molecule has 20 heavy (non-hydrogen) atoms. The molecule has 2 aromatic rings. The number of carbonyl (C=O) groups is 1. The summed E-state index contributed by atoms with van der Waals surface area (Å²) >= 11 is 0.928. The molecule has 1 aromatic carbocycles. The Morgan fingerprint density at radius 1 is 1.40 bits per heavy atom. The number of hydrogen-bond acceptors (Lipinski definition) is 4. The Kier molecular flexibility index (Phi) is 4.33. The summed E-state index contributed by atoms with van der Waals surface area (Å²) < 4.78 is 28.2. The Bertz CT molecular complexity index is 646. The third-order valence-electron chi connectivity index (χ3n) is 2.49. The maximum absolute atomic E-state index is 13.9. The van der Waals surface area contributed by atoms with E-state index in [1.807, 2.05) is 6.92 Å². The van der Waals surface area contributed by atoms with E-state index >= 15 is 0 Å². The molecule has 2 rings (SSSR count). The molecule has 0 spiro atoms. The van der Waals surface area contributed by atoms with Gasteiger partial charge in [-0.05, 0) is 12.1 Å². The van der Waals surface area contributed by atoms with Crippen LogP contribution in [-0.2, 0) is 11.2 Å². The largest absolute Gasteiger partial charge is 0.481 e. The van der Waals surface area contributed by atoms with Gasteiger partial charge in [-0.2, -0.15) is 0 Å². The molecule has 0 aliphatic heterocycles. The molecule has 0 aliphatic rings. The number of thioether (sulfide) groups is 1. The van der Waals surface area contributed by atoms with Crippen LogP contribution >= 0.6 is 11.8 Å². The molecule has 1 N–H and O–H groups in total. The molecule has 0 atom stereocenters. The van der Waals surface area contributed by atoms with Crippen LogP contribution in [0.2, 0.25) is 0 Å². The molecule has 1 aromatic heterocycles. The third-order valence-corrected chi connectivity index (χ3v) is 3.41. The van der Waals surface area contributed by atoms with Crippen molar-refractivity contribution in [1.29, 1.82) is 0 Å². The molecule has 0 amide bonds. The van der Waals surface area contributed by atoms with Gasteiger partial charge in [0.25, 0.3) is 0 Å². The summed E-state index contributed by atoms with van der Waals surface area (Å²) in [5, 5.41) is 16.7. The number of aliphatic carboxylic acids is 1. The van der Waals surface area contributed by atoms with Gasteiger partial charge in [0.05, 0.1) is 11.4 Å². The van der Waals surface area contributed by atoms with Gasteiger partial charge in [-0.15, -0.1) is 10.2 Å². The number of carboxylic acid groups (broad SMARTS) is 1. The molecule has 0 radical (unpaired) electrons. The van der Waals surface area contributed by atoms with E-state index in [1.165, 1.54) is 10.6 Å². The summed E-state index contributed by atoms with van der Waals surface area (Å²) in [7, 11) is 0. The van der Waals surface area contributed by atoms with Crippen molar-refractivity contribution in [2.24, 2.45) is 0 Å². The topological polar surface area (TPSA) is 68.0 Å². The van der Waals surface area contributed by atoms with E-state index in [1.54, 1.807) is 0 Å². The highest BCUT2D eigenvalue weighted by Gasteiger charge is 2.17. The number of benzene rings is 1. The van der Waals surface area contributed by atoms with E-state index in [4.69, 9.17) is 5.11 Å². The Hall–Kier alpha value is -1.96. The molecule has 0 bridgehead atoms. The monoisotopic (exact) mass is 299 g/mol. The molecule has 0 saturated carbocycles. The number of rotatable bonds is 5. The van der Waals surface area contributed by atoms with Crippen molar-refractivity contribution in [2.75, 3.05) is 5.75 Å². The maximum atomic E-state index is 13.9. The minimum Gasteiger partial charge on any atom is -0.481 e. The highest BCUT2D eigenvalue weighted by Crippen LogP contribution is 2.24. The molecular formula is C12H11F2N3O2S. The summed E-state index contributed by atoms with van der Waals surface area (Å²) in [6, 6.07) is 3.17. The second kappa shape index (κ2) is 6.00. The highest BCUT2D eigenvalue weighted by atomic mass is 32.2. The number of aryl methyl sites for hydroxylation is 1. The van der Waals surface area contributed by atoms with Crippen LogP contribution in [0.1, 0.15) is 12.7 Å². The average molecular weight is 299 g/mol. The number of nitrogens with zero attached hydrogens (tertiary/aromatic N) is 3. The van der Waals surface area contributed by atoms with Gasteiger partial charge >= 0.3 is 5.97 Å². The first kappa shape index (κ1) is 14.4. The maximum Gasteiger partial charge on any atom is 0.313 e. The van der Waals surface area contributed by atoms with Gasteiger partial charge < -0.3 is 5.11 Å². The molecular weight excluding hydrogens is 288 g/mol. The van der Waals surface area contributed by atoms with E-state index in [0.717, 1.165) is 23.9 Å². The molecule has 106 valence electrons. The van der Waals surface area contributed by atoms with Crippen LogP contribution in [-0.4, -0.2) is 31.6 Å². The van der Waals surface area contributed by atoms with Gasteiger partial charge in [-0.25, -0.2) is 8.78 Å². The van der Waals surface area contributed by atoms with E-state index in [0.29, 0.717) is 12.2 Å². The van der Waals surface area contributed by atoms with E-state index in [9.17, 15) is 13.6 Å². The van der Waals surface area contributed by atoms with Crippen LogP contribution in [0.15, 0.2) is 23.4 Å². The molecule has 0 aliphatic carbocycles. The Balaban J connectivity index is 2.47. The summed E-state index contributed by atoms with van der Waals surface area (Å²) in [6.07, 6.45) is 0.484. The van der Waals surface area contributed by atoms with Crippen LogP contribution < -0.4 is 0 Å². The lowest BCUT2D eigenvalue weighted by Gasteiger charge is -2.09. The molecule has 0 saturated heterocycles. The van der Waals surface area contributed by atoms with Crippen molar-refractivity contribution in [2.45, 2.75) is 18.5 Å². The zero-order valence-corrected chi connectivity index (χ0v) is 11.3. The van der Waals surface area contributed by atoms with Crippen LogP contribution in [0.5, 0.6) is 0 Å². The van der Waals surface area contributed by atoms with Gasteiger partial charge in [0.2, 0.25) is 0 Å². The van der Waals surface area contributed by atoms with E-state index < -0.39 is 17.6 Å². The Morgan fingerprint density at radius 2 is 2.15 bits per heavy atom. The highest BCUT2D eigenvalue weighted by molar-refractivity contribution is 7.99. The lowest BCUT2D eigenvalue weighted by molar-refractivity contribution is -0.133. The first-order valence-corrected chi connectivity index (χ1v) is 6.75. The molecule has 1 heterocycles. The number of hydrogen-bond donors (Lipinski definition) is 1. The zero-order valence-electron chi connectivity index (χ0n) is 10.5. The van der Waals surface area contributed by atoms with Gasteiger partial charge in [0.15, 0.2) is 5.16 Å². The molecule has 0 fully saturated rings. The smallest absolute Gasteiger partial charge is 0.313 e. The van der Waals surface area contributed by atoms with Crippen molar-refractivity contribution in [3.8, 4) is 5.69 Å². The van der Waals surface area contributed by atoms with Crippen molar-refractivity contribution in [3.63, 3.8) is 0 Å². The van der Waals surface area contributed by atoms with Gasteiger partial charge in [0.1, 0.15) is 17.5 Å². The Morgan fingerprint density at radius 3 is 2.75 bits per heavy atom. The second-order valence-corrected chi connectivity index (χ2v) is 4.81. The lowest BCUT2D eigenvalue weighted by Crippen LogP contribution is -2.06. The first-order chi connectivity index (χ1) is 9.52. The van der Waals surface area contributed by atoms with E-state index in [2.05, 4.69) is 10.2 Å². The number of halogens is 2. The fourth-order valence-corrected chi connectivity index (χ4v) is 2.34. The predicted octanol–water partition coefficient (Wildman–Crippen LogP) is 2.28. The first-order valence-electron chi connectivity index (χ1n) is 5.77. The fraction of sp³-hybridized carbons (Fsp3) is 0.250. The SMILES string of the molecule is CCc1nnc(SCC(=O)O)n1-c1ccc(F)cc1F. The number of aromatic nitrogens is 3. The second-order valence-electron chi connectivity index (χ2n) is 3.87. The van der Waals surface area contributed by atoms with Crippen molar-refractivity contribution < 1.29 is 18.7 Å². The normalized spacial score (nSPS) is 10.8.